The van der Waals surface area contributed by atoms with Gasteiger partial charge in [0.05, 0.1) is 34.9 Å². The summed E-state index contributed by atoms with van der Waals surface area (Å²) in [4.78, 5) is 5.02. The standard InChI is InChI=1S/C42H48Cl2N6O5SSi/c1-57(2,3)23-22-54-29-50-42(51)28-49(56(50,52)53)35-11-7-10-34(26-35)48-27-39(36-17-16-33(43)25-37(36)44)45-40(48)24-31-12-14-32(15-13-31)38-18-19-41(47-46-38)55-21-20-30-8-5-4-6-9-30/h7,10-19,25-28,30,51H,4-6,8-9,20-24,29H2,1-3H3. The summed E-state index contributed by atoms with van der Waals surface area (Å²) in [6, 6.07) is 25.0. The fourth-order valence-electron chi connectivity index (χ4n) is 7.03. The molecule has 15 heteroatoms. The molecule has 2 aliphatic rings. The van der Waals surface area contributed by atoms with Gasteiger partial charge in [-0.05, 0) is 66.4 Å². The first-order chi connectivity index (χ1) is 27.3. The lowest BCUT2D eigenvalue weighted by atomic mass is 9.87. The summed E-state index contributed by atoms with van der Waals surface area (Å²) >= 11 is 12.9. The highest BCUT2D eigenvalue weighted by atomic mass is 35.5. The lowest BCUT2D eigenvalue weighted by Crippen LogP contribution is -2.36. The molecule has 3 aromatic carbocycles. The minimum atomic E-state index is -4.15. The Balaban J connectivity index is 1.10. The van der Waals surface area contributed by atoms with E-state index in [0.29, 0.717) is 64.0 Å². The Morgan fingerprint density at radius 2 is 1.65 bits per heavy atom. The molecule has 1 saturated carbocycles. The molecule has 300 valence electrons. The van der Waals surface area contributed by atoms with Gasteiger partial charge in [-0.25, -0.2) is 9.29 Å². The zero-order valence-corrected chi connectivity index (χ0v) is 35.8. The molecular formula is C42H48Cl2N6O5SSi. The number of ether oxygens (including phenoxy) is 2. The van der Waals surface area contributed by atoms with Crippen molar-refractivity contribution < 1.29 is 23.0 Å². The smallest absolute Gasteiger partial charge is 0.334 e. The number of halogens is 2. The van der Waals surface area contributed by atoms with E-state index in [-0.39, 0.29) is 6.73 Å². The second kappa shape index (κ2) is 17.6. The van der Waals surface area contributed by atoms with E-state index in [4.69, 9.17) is 37.7 Å². The molecule has 2 aromatic heterocycles. The molecule has 0 amide bonds. The minimum absolute atomic E-state index is 0.284. The zero-order valence-electron chi connectivity index (χ0n) is 32.4. The number of hydrogen-bond acceptors (Lipinski definition) is 8. The van der Waals surface area contributed by atoms with Gasteiger partial charge in [-0.2, -0.15) is 12.7 Å². The van der Waals surface area contributed by atoms with Crippen LogP contribution in [-0.2, 0) is 21.4 Å². The molecule has 5 aromatic rings. The highest BCUT2D eigenvalue weighted by Gasteiger charge is 2.38. The van der Waals surface area contributed by atoms with Gasteiger partial charge >= 0.3 is 10.2 Å². The quantitative estimate of drug-likeness (QED) is 0.0816. The molecule has 1 aliphatic carbocycles. The van der Waals surface area contributed by atoms with E-state index in [9.17, 15) is 13.5 Å². The third kappa shape index (κ3) is 10.0. The van der Waals surface area contributed by atoms with E-state index < -0.39 is 24.2 Å². The maximum absolute atomic E-state index is 13.7. The molecule has 0 spiro atoms. The molecule has 0 unspecified atom stereocenters. The molecule has 1 N–H and O–H groups in total. The Morgan fingerprint density at radius 3 is 2.37 bits per heavy atom. The molecule has 0 radical (unpaired) electrons. The predicted molar refractivity (Wildman–Crippen MR) is 229 cm³/mol. The number of rotatable bonds is 15. The van der Waals surface area contributed by atoms with Crippen LogP contribution in [0.1, 0.15) is 49.9 Å². The number of nitrogens with zero attached hydrogens (tertiary/aromatic N) is 6. The summed E-state index contributed by atoms with van der Waals surface area (Å²) in [7, 11) is -5.53. The van der Waals surface area contributed by atoms with Crippen molar-refractivity contribution in [3.05, 3.63) is 119 Å². The molecule has 57 heavy (non-hydrogen) atoms. The fraction of sp³-hybridized carbons (Fsp3) is 0.357. The molecule has 11 nitrogen and oxygen atoms in total. The molecule has 3 heterocycles. The number of aliphatic hydroxyl groups excluding tert-OH is 1. The SMILES string of the molecule is C[Si](C)(C)CCOCN1C(O)=CN(c2cccc(-n3cc(-c4ccc(Cl)cc4Cl)nc3Cc3ccc(-c4ccc(OCCC5CCCCC5)nn4)cc3)c2)S1(=O)=O. The Morgan fingerprint density at radius 1 is 0.877 bits per heavy atom. The van der Waals surface area contributed by atoms with Gasteiger partial charge < -0.3 is 19.1 Å². The normalized spacial score (nSPS) is 15.9. The van der Waals surface area contributed by atoms with Gasteiger partial charge in [-0.3, -0.25) is 0 Å². The Labute approximate surface area is 346 Å². The van der Waals surface area contributed by atoms with Crippen LogP contribution in [0.5, 0.6) is 5.88 Å². The summed E-state index contributed by atoms with van der Waals surface area (Å²) in [5, 5.41) is 20.4. The molecule has 0 saturated heterocycles. The topological polar surface area (TPSA) is 123 Å². The Bertz CT molecular complexity index is 2310. The molecule has 0 atom stereocenters. The van der Waals surface area contributed by atoms with Crippen LogP contribution in [0.25, 0.3) is 28.2 Å². The van der Waals surface area contributed by atoms with Gasteiger partial charge in [0.2, 0.25) is 11.8 Å². The van der Waals surface area contributed by atoms with Gasteiger partial charge in [0.15, 0.2) is 0 Å². The maximum Gasteiger partial charge on any atom is 0.334 e. The summed E-state index contributed by atoms with van der Waals surface area (Å²) in [5.74, 6) is 1.56. The number of imidazole rings is 1. The zero-order chi connectivity index (χ0) is 40.2. The average molecular weight is 848 g/mol. The number of anilines is 1. The van der Waals surface area contributed by atoms with Crippen molar-refractivity contribution in [2.24, 2.45) is 5.92 Å². The third-order valence-corrected chi connectivity index (χ3v) is 14.2. The van der Waals surface area contributed by atoms with Crippen molar-refractivity contribution in [1.29, 1.82) is 0 Å². The van der Waals surface area contributed by atoms with Gasteiger partial charge in [-0.1, -0.05) is 105 Å². The number of benzene rings is 3. The van der Waals surface area contributed by atoms with Crippen LogP contribution in [0.4, 0.5) is 5.69 Å². The third-order valence-electron chi connectivity index (χ3n) is 10.3. The lowest BCUT2D eigenvalue weighted by molar-refractivity contribution is 0.0747. The van der Waals surface area contributed by atoms with E-state index in [0.717, 1.165) is 43.8 Å². The van der Waals surface area contributed by atoms with Crippen LogP contribution in [0.15, 0.2) is 97.1 Å². The maximum atomic E-state index is 13.7. The van der Waals surface area contributed by atoms with Gasteiger partial charge in [0.1, 0.15) is 12.6 Å². The number of aromatic nitrogens is 4. The van der Waals surface area contributed by atoms with Crippen LogP contribution in [0.2, 0.25) is 35.7 Å². The highest BCUT2D eigenvalue weighted by molar-refractivity contribution is 7.91. The largest absolute Gasteiger partial charge is 0.493 e. The number of aliphatic hydroxyl groups is 1. The fourth-order valence-corrected chi connectivity index (χ4v) is 9.61. The molecule has 1 fully saturated rings. The Kier molecular flexibility index (Phi) is 12.6. The van der Waals surface area contributed by atoms with Crippen LogP contribution in [0.3, 0.4) is 0 Å². The Hall–Kier alpha value is -4.40. The average Bonchev–Trinajstić information content (AvgIpc) is 3.70. The van der Waals surface area contributed by atoms with Crippen molar-refractivity contribution in [2.45, 2.75) is 70.6 Å². The second-order valence-electron chi connectivity index (χ2n) is 15.8. The van der Waals surface area contributed by atoms with Crippen molar-refractivity contribution in [2.75, 3.05) is 24.2 Å². The van der Waals surface area contributed by atoms with Crippen LogP contribution in [-0.4, -0.2) is 65.6 Å². The first-order valence-corrected chi connectivity index (χ1v) is 25.2. The minimum Gasteiger partial charge on any atom is -0.493 e. The molecular weight excluding hydrogens is 800 g/mol. The van der Waals surface area contributed by atoms with Gasteiger partial charge in [0, 0.05) is 55.2 Å². The predicted octanol–water partition coefficient (Wildman–Crippen LogP) is 10.3. The summed E-state index contributed by atoms with van der Waals surface area (Å²) in [6.45, 7) is 7.43. The van der Waals surface area contributed by atoms with Gasteiger partial charge in [-0.15, -0.1) is 10.2 Å². The van der Waals surface area contributed by atoms with Gasteiger partial charge in [0.25, 0.3) is 0 Å². The molecule has 7 rings (SSSR count). The first-order valence-electron chi connectivity index (χ1n) is 19.3. The van der Waals surface area contributed by atoms with Crippen molar-refractivity contribution in [3.8, 4) is 34.1 Å². The van der Waals surface area contributed by atoms with E-state index in [1.807, 2.05) is 59.3 Å². The lowest BCUT2D eigenvalue weighted by Gasteiger charge is -2.23. The van der Waals surface area contributed by atoms with Crippen LogP contribution in [0, 0.1) is 5.92 Å². The van der Waals surface area contributed by atoms with E-state index in [1.165, 1.54) is 38.3 Å². The van der Waals surface area contributed by atoms with Crippen LogP contribution < -0.4 is 9.04 Å². The molecule has 1 aliphatic heterocycles. The first kappa shape index (κ1) is 40.8. The van der Waals surface area contributed by atoms with Crippen molar-refractivity contribution in [3.63, 3.8) is 0 Å². The highest BCUT2D eigenvalue weighted by Crippen LogP contribution is 2.34. The van der Waals surface area contributed by atoms with Crippen molar-refractivity contribution >= 4 is 47.2 Å². The number of hydrogen-bond donors (Lipinski definition) is 1. The second-order valence-corrected chi connectivity index (χ2v) is 24.0. The van der Waals surface area contributed by atoms with Crippen LogP contribution >= 0.6 is 23.2 Å². The van der Waals surface area contributed by atoms with E-state index >= 15 is 0 Å². The summed E-state index contributed by atoms with van der Waals surface area (Å²) < 4.78 is 42.8. The summed E-state index contributed by atoms with van der Waals surface area (Å²) in [5.41, 5.74) is 4.97. The monoisotopic (exact) mass is 846 g/mol. The van der Waals surface area contributed by atoms with Crippen molar-refractivity contribution in [1.82, 2.24) is 24.1 Å². The van der Waals surface area contributed by atoms with E-state index in [2.05, 4.69) is 29.8 Å². The molecule has 0 bridgehead atoms. The summed E-state index contributed by atoms with van der Waals surface area (Å²) in [6.07, 6.45) is 11.1. The van der Waals surface area contributed by atoms with E-state index in [1.54, 1.807) is 30.3 Å².